The molecule has 0 bridgehead atoms. The highest BCUT2D eigenvalue weighted by Crippen LogP contribution is 2.38. The Morgan fingerprint density at radius 3 is 2.67 bits per heavy atom. The number of aromatic nitrogens is 2. The number of aliphatic hydroxyl groups excluding tert-OH is 1. The van der Waals surface area contributed by atoms with E-state index in [-0.39, 0.29) is 12.1 Å². The van der Waals surface area contributed by atoms with E-state index in [2.05, 4.69) is 35.5 Å². The fourth-order valence-corrected chi connectivity index (χ4v) is 3.46. The van der Waals surface area contributed by atoms with Crippen molar-refractivity contribution < 1.29 is 5.11 Å². The van der Waals surface area contributed by atoms with Gasteiger partial charge < -0.3 is 9.67 Å². The lowest BCUT2D eigenvalue weighted by molar-refractivity contribution is 0.0444. The topological polar surface area (TPSA) is 38.0 Å². The van der Waals surface area contributed by atoms with Gasteiger partial charge in [-0.25, -0.2) is 4.98 Å². The van der Waals surface area contributed by atoms with Crippen LogP contribution in [0.2, 0.25) is 0 Å². The second-order valence-electron chi connectivity index (χ2n) is 6.48. The van der Waals surface area contributed by atoms with Crippen LogP contribution < -0.4 is 0 Å². The molecule has 0 aliphatic heterocycles. The Balaban J connectivity index is 1.91. The summed E-state index contributed by atoms with van der Waals surface area (Å²) in [6.45, 7) is 4.57. The van der Waals surface area contributed by atoms with Crippen molar-refractivity contribution in [2.24, 2.45) is 11.8 Å². The summed E-state index contributed by atoms with van der Waals surface area (Å²) in [6, 6.07) is 10.4. The molecule has 3 rings (SSSR count). The summed E-state index contributed by atoms with van der Waals surface area (Å²) in [5.74, 6) is 2.32. The van der Waals surface area contributed by atoms with Crippen LogP contribution in [0.3, 0.4) is 0 Å². The van der Waals surface area contributed by atoms with E-state index >= 15 is 0 Å². The van der Waals surface area contributed by atoms with Gasteiger partial charge in [0.1, 0.15) is 5.82 Å². The smallest absolute Gasteiger partial charge is 0.140 e. The summed E-state index contributed by atoms with van der Waals surface area (Å²) < 4.78 is 2.18. The highest BCUT2D eigenvalue weighted by Gasteiger charge is 2.32. The number of hydrogen-bond donors (Lipinski definition) is 1. The standard InChI is InChI=1S/C18H24N2O/c1-13(2)15-8-9-17(21)16(12-15)20-11-10-19-18(20)14-6-4-3-5-7-14/h3-7,10-11,13,15-17,21H,8-9,12H2,1-2H3. The lowest BCUT2D eigenvalue weighted by Crippen LogP contribution is -2.33. The molecule has 3 nitrogen and oxygen atoms in total. The largest absolute Gasteiger partial charge is 0.391 e. The van der Waals surface area contributed by atoms with Crippen LogP contribution in [0.5, 0.6) is 0 Å². The van der Waals surface area contributed by atoms with Gasteiger partial charge in [-0.05, 0) is 31.1 Å². The van der Waals surface area contributed by atoms with E-state index in [1.807, 2.05) is 30.6 Å². The SMILES string of the molecule is CC(C)C1CCC(O)C(n2ccnc2-c2ccccc2)C1. The van der Waals surface area contributed by atoms with Crippen molar-refractivity contribution in [1.82, 2.24) is 9.55 Å². The minimum atomic E-state index is -0.267. The molecular weight excluding hydrogens is 260 g/mol. The van der Waals surface area contributed by atoms with Crippen LogP contribution in [0.1, 0.15) is 39.2 Å². The Hall–Kier alpha value is -1.61. The molecule has 1 aliphatic rings. The summed E-state index contributed by atoms with van der Waals surface area (Å²) in [4.78, 5) is 4.52. The Labute approximate surface area is 126 Å². The van der Waals surface area contributed by atoms with Gasteiger partial charge in [0.2, 0.25) is 0 Å². The zero-order valence-electron chi connectivity index (χ0n) is 12.8. The number of hydrogen-bond acceptors (Lipinski definition) is 2. The predicted octanol–water partition coefficient (Wildman–Crippen LogP) is 3.91. The summed E-state index contributed by atoms with van der Waals surface area (Å²) in [5, 5.41) is 10.5. The van der Waals surface area contributed by atoms with Gasteiger partial charge in [0.25, 0.3) is 0 Å². The molecule has 3 heteroatoms. The first-order valence-corrected chi connectivity index (χ1v) is 7.93. The second-order valence-corrected chi connectivity index (χ2v) is 6.48. The van der Waals surface area contributed by atoms with Gasteiger partial charge in [-0.3, -0.25) is 0 Å². The third-order valence-electron chi connectivity index (χ3n) is 4.82. The van der Waals surface area contributed by atoms with Crippen LogP contribution in [0.25, 0.3) is 11.4 Å². The Morgan fingerprint density at radius 2 is 1.95 bits per heavy atom. The van der Waals surface area contributed by atoms with Crippen LogP contribution in [0.4, 0.5) is 0 Å². The van der Waals surface area contributed by atoms with Gasteiger partial charge in [0, 0.05) is 18.0 Å². The van der Waals surface area contributed by atoms with Gasteiger partial charge in [-0.1, -0.05) is 44.2 Å². The molecule has 2 aromatic rings. The highest BCUT2D eigenvalue weighted by atomic mass is 16.3. The average Bonchev–Trinajstić information content (AvgIpc) is 2.97. The minimum Gasteiger partial charge on any atom is -0.391 e. The minimum absolute atomic E-state index is 0.142. The lowest BCUT2D eigenvalue weighted by atomic mass is 9.78. The van der Waals surface area contributed by atoms with Crippen LogP contribution in [0.15, 0.2) is 42.7 Å². The van der Waals surface area contributed by atoms with Crippen molar-refractivity contribution >= 4 is 0 Å². The molecule has 1 aliphatic carbocycles. The van der Waals surface area contributed by atoms with E-state index < -0.39 is 0 Å². The summed E-state index contributed by atoms with van der Waals surface area (Å²) in [6.07, 6.45) is 6.64. The first kappa shape index (κ1) is 14.3. The fourth-order valence-electron chi connectivity index (χ4n) is 3.46. The Bertz CT molecular complexity index is 576. The van der Waals surface area contributed by atoms with E-state index in [1.165, 1.54) is 0 Å². The van der Waals surface area contributed by atoms with Gasteiger partial charge in [-0.15, -0.1) is 0 Å². The van der Waals surface area contributed by atoms with Gasteiger partial charge in [0.15, 0.2) is 0 Å². The molecule has 1 aromatic carbocycles. The molecule has 0 spiro atoms. The van der Waals surface area contributed by atoms with E-state index in [0.717, 1.165) is 30.7 Å². The normalized spacial score (nSPS) is 26.2. The molecule has 1 aromatic heterocycles. The maximum atomic E-state index is 10.5. The fraction of sp³-hybridized carbons (Fsp3) is 0.500. The van der Waals surface area contributed by atoms with Crippen molar-refractivity contribution in [2.75, 3.05) is 0 Å². The number of rotatable bonds is 3. The Morgan fingerprint density at radius 1 is 1.19 bits per heavy atom. The van der Waals surface area contributed by atoms with Crippen LogP contribution >= 0.6 is 0 Å². The third kappa shape index (κ3) is 2.88. The molecule has 0 radical (unpaired) electrons. The van der Waals surface area contributed by atoms with E-state index in [0.29, 0.717) is 11.8 Å². The van der Waals surface area contributed by atoms with Crippen molar-refractivity contribution in [3.8, 4) is 11.4 Å². The van der Waals surface area contributed by atoms with E-state index in [9.17, 15) is 5.11 Å². The van der Waals surface area contributed by atoms with Crippen molar-refractivity contribution in [2.45, 2.75) is 45.3 Å². The molecule has 3 atom stereocenters. The zero-order valence-corrected chi connectivity index (χ0v) is 12.8. The molecule has 0 saturated heterocycles. The van der Waals surface area contributed by atoms with Crippen LogP contribution in [0, 0.1) is 11.8 Å². The molecule has 1 N–H and O–H groups in total. The maximum Gasteiger partial charge on any atom is 0.140 e. The molecule has 112 valence electrons. The first-order chi connectivity index (χ1) is 10.2. The molecule has 0 amide bonds. The Kier molecular flexibility index (Phi) is 4.11. The highest BCUT2D eigenvalue weighted by molar-refractivity contribution is 5.55. The summed E-state index contributed by atoms with van der Waals surface area (Å²) in [7, 11) is 0. The summed E-state index contributed by atoms with van der Waals surface area (Å²) in [5.41, 5.74) is 1.11. The molecular formula is C18H24N2O. The predicted molar refractivity (Wildman–Crippen MR) is 84.9 cm³/mol. The van der Waals surface area contributed by atoms with E-state index in [1.54, 1.807) is 0 Å². The van der Waals surface area contributed by atoms with Crippen LogP contribution in [-0.2, 0) is 0 Å². The maximum absolute atomic E-state index is 10.5. The quantitative estimate of drug-likeness (QED) is 0.928. The molecule has 1 fully saturated rings. The molecule has 1 saturated carbocycles. The molecule has 21 heavy (non-hydrogen) atoms. The van der Waals surface area contributed by atoms with Gasteiger partial charge in [-0.2, -0.15) is 0 Å². The van der Waals surface area contributed by atoms with Gasteiger partial charge >= 0.3 is 0 Å². The van der Waals surface area contributed by atoms with Crippen molar-refractivity contribution in [1.29, 1.82) is 0 Å². The molecule has 1 heterocycles. The number of benzene rings is 1. The number of nitrogens with zero attached hydrogens (tertiary/aromatic N) is 2. The average molecular weight is 284 g/mol. The number of imidazole rings is 1. The van der Waals surface area contributed by atoms with Crippen molar-refractivity contribution in [3.63, 3.8) is 0 Å². The number of aliphatic hydroxyl groups is 1. The second kappa shape index (κ2) is 6.02. The van der Waals surface area contributed by atoms with Crippen molar-refractivity contribution in [3.05, 3.63) is 42.7 Å². The monoisotopic (exact) mass is 284 g/mol. The first-order valence-electron chi connectivity index (χ1n) is 7.93. The molecule has 3 unspecified atom stereocenters. The summed E-state index contributed by atoms with van der Waals surface area (Å²) >= 11 is 0. The van der Waals surface area contributed by atoms with E-state index in [4.69, 9.17) is 0 Å². The third-order valence-corrected chi connectivity index (χ3v) is 4.82. The zero-order chi connectivity index (χ0) is 14.8. The lowest BCUT2D eigenvalue weighted by Gasteiger charge is -2.36. The van der Waals surface area contributed by atoms with Crippen LogP contribution in [-0.4, -0.2) is 20.8 Å². The van der Waals surface area contributed by atoms with Gasteiger partial charge in [0.05, 0.1) is 12.1 Å².